The first-order valence-corrected chi connectivity index (χ1v) is 5.59. The standard InChI is InChI=1S/C8H15BO3S/c1-10-3-8-4-13-5(6(8)11-2)7(9)12-8/h5-7H,3-4,9H2,1-2H3/t5-,6?,7-,8-/m1/s1. The molecule has 4 atom stereocenters. The molecule has 0 saturated carbocycles. The van der Waals surface area contributed by atoms with Crippen LogP contribution in [0.3, 0.4) is 0 Å². The Hall–Kier alpha value is 0.295. The van der Waals surface area contributed by atoms with Crippen LogP contribution in [0.25, 0.3) is 0 Å². The molecule has 2 fully saturated rings. The number of thioether (sulfide) groups is 1. The van der Waals surface area contributed by atoms with E-state index in [4.69, 9.17) is 14.2 Å². The Bertz CT molecular complexity index is 204. The van der Waals surface area contributed by atoms with Crippen molar-refractivity contribution in [1.82, 2.24) is 0 Å². The molecule has 1 unspecified atom stereocenters. The molecule has 0 N–H and O–H groups in total. The second-order valence-electron chi connectivity index (χ2n) is 3.75. The maximum absolute atomic E-state index is 5.92. The zero-order valence-corrected chi connectivity index (χ0v) is 9.10. The summed E-state index contributed by atoms with van der Waals surface area (Å²) >= 11 is 1.94. The van der Waals surface area contributed by atoms with Crippen LogP contribution in [0.15, 0.2) is 0 Å². The van der Waals surface area contributed by atoms with Gasteiger partial charge in [-0.15, -0.1) is 0 Å². The van der Waals surface area contributed by atoms with Crippen LogP contribution in [-0.4, -0.2) is 57.4 Å². The van der Waals surface area contributed by atoms with E-state index < -0.39 is 0 Å². The molecule has 0 aromatic heterocycles. The minimum Gasteiger partial charge on any atom is -0.382 e. The van der Waals surface area contributed by atoms with Crippen LogP contribution in [0.1, 0.15) is 0 Å². The lowest BCUT2D eigenvalue weighted by atomic mass is 9.93. The minimum atomic E-state index is -0.182. The molecule has 2 saturated heterocycles. The van der Waals surface area contributed by atoms with Crippen LogP contribution in [0.5, 0.6) is 0 Å². The van der Waals surface area contributed by atoms with Crippen molar-refractivity contribution in [2.75, 3.05) is 26.6 Å². The van der Waals surface area contributed by atoms with Gasteiger partial charge in [0, 0.05) is 26.0 Å². The Morgan fingerprint density at radius 1 is 1.62 bits per heavy atom. The first kappa shape index (κ1) is 9.83. The van der Waals surface area contributed by atoms with Crippen LogP contribution < -0.4 is 0 Å². The van der Waals surface area contributed by atoms with Crippen molar-refractivity contribution in [2.45, 2.75) is 23.0 Å². The van der Waals surface area contributed by atoms with Gasteiger partial charge >= 0.3 is 0 Å². The minimum absolute atomic E-state index is 0.182. The van der Waals surface area contributed by atoms with Gasteiger partial charge in [-0.25, -0.2) is 0 Å². The van der Waals surface area contributed by atoms with Gasteiger partial charge in [-0.05, 0) is 0 Å². The zero-order valence-electron chi connectivity index (χ0n) is 8.28. The summed E-state index contributed by atoms with van der Waals surface area (Å²) in [6, 6.07) is 0.291. The fourth-order valence-corrected chi connectivity index (χ4v) is 4.03. The summed E-state index contributed by atoms with van der Waals surface area (Å²) in [5.74, 6) is 0.994. The highest BCUT2D eigenvalue weighted by Crippen LogP contribution is 2.48. The van der Waals surface area contributed by atoms with Gasteiger partial charge in [0.1, 0.15) is 19.6 Å². The largest absolute Gasteiger partial charge is 0.382 e. The van der Waals surface area contributed by atoms with Gasteiger partial charge in [0.25, 0.3) is 0 Å². The fraction of sp³-hybridized carbons (Fsp3) is 1.00. The van der Waals surface area contributed by atoms with Crippen molar-refractivity contribution in [3.63, 3.8) is 0 Å². The molecule has 0 aromatic rings. The van der Waals surface area contributed by atoms with Crippen molar-refractivity contribution in [1.29, 1.82) is 0 Å². The van der Waals surface area contributed by atoms with Crippen molar-refractivity contribution in [3.8, 4) is 0 Å². The van der Waals surface area contributed by atoms with Crippen LogP contribution in [0, 0.1) is 0 Å². The first-order valence-electron chi connectivity index (χ1n) is 4.54. The number of hydrogen-bond acceptors (Lipinski definition) is 4. The van der Waals surface area contributed by atoms with Gasteiger partial charge in [-0.3, -0.25) is 0 Å². The van der Waals surface area contributed by atoms with E-state index in [1.807, 2.05) is 11.8 Å². The van der Waals surface area contributed by atoms with Gasteiger partial charge in [0.2, 0.25) is 0 Å². The van der Waals surface area contributed by atoms with E-state index in [1.165, 1.54) is 0 Å². The average Bonchev–Trinajstić information content (AvgIpc) is 2.55. The van der Waals surface area contributed by atoms with Crippen molar-refractivity contribution >= 4 is 19.6 Å². The Labute approximate surface area is 83.9 Å². The molecule has 2 aliphatic rings. The predicted molar refractivity (Wildman–Crippen MR) is 55.1 cm³/mol. The van der Waals surface area contributed by atoms with E-state index in [0.717, 1.165) is 5.75 Å². The first-order chi connectivity index (χ1) is 6.23. The molecule has 0 amide bonds. The third kappa shape index (κ3) is 1.33. The number of rotatable bonds is 3. The highest BCUT2D eigenvalue weighted by Gasteiger charge is 2.59. The fourth-order valence-electron chi connectivity index (χ4n) is 2.38. The average molecular weight is 202 g/mol. The highest BCUT2D eigenvalue weighted by molar-refractivity contribution is 8.00. The molecular weight excluding hydrogens is 187 g/mol. The summed E-state index contributed by atoms with van der Waals surface area (Å²) in [5, 5.41) is 0.486. The molecular formula is C8H15BO3S. The Kier molecular flexibility index (Phi) is 2.62. The molecule has 2 rings (SSSR count). The summed E-state index contributed by atoms with van der Waals surface area (Å²) in [6.07, 6.45) is 0.201. The van der Waals surface area contributed by atoms with Gasteiger partial charge in [0.15, 0.2) is 0 Å². The summed E-state index contributed by atoms with van der Waals surface area (Å²) < 4.78 is 16.6. The van der Waals surface area contributed by atoms with Crippen molar-refractivity contribution < 1.29 is 14.2 Å². The van der Waals surface area contributed by atoms with Crippen LogP contribution >= 0.6 is 11.8 Å². The summed E-state index contributed by atoms with van der Waals surface area (Å²) in [7, 11) is 5.58. The molecule has 2 aliphatic heterocycles. The summed E-state index contributed by atoms with van der Waals surface area (Å²) in [4.78, 5) is 0. The molecule has 13 heavy (non-hydrogen) atoms. The summed E-state index contributed by atoms with van der Waals surface area (Å²) in [6.45, 7) is 0.638. The topological polar surface area (TPSA) is 27.7 Å². The third-order valence-electron chi connectivity index (χ3n) is 2.86. The Balaban J connectivity index is 2.17. The SMILES string of the molecule is B[C@@H]1O[C@]2(COC)CS[C@@H]1C2OC. The van der Waals surface area contributed by atoms with Gasteiger partial charge in [0.05, 0.1) is 11.9 Å². The second-order valence-corrected chi connectivity index (χ2v) is 4.92. The monoisotopic (exact) mass is 202 g/mol. The van der Waals surface area contributed by atoms with E-state index in [9.17, 15) is 0 Å². The van der Waals surface area contributed by atoms with E-state index >= 15 is 0 Å². The highest BCUT2D eigenvalue weighted by atomic mass is 32.2. The number of ether oxygens (including phenoxy) is 3. The van der Waals surface area contributed by atoms with Crippen LogP contribution in [0.4, 0.5) is 0 Å². The lowest BCUT2D eigenvalue weighted by Gasteiger charge is -2.29. The van der Waals surface area contributed by atoms with E-state index in [2.05, 4.69) is 7.85 Å². The van der Waals surface area contributed by atoms with Crippen LogP contribution in [0.2, 0.25) is 0 Å². The van der Waals surface area contributed by atoms with Gasteiger partial charge in [-0.2, -0.15) is 11.8 Å². The third-order valence-corrected chi connectivity index (χ3v) is 4.53. The molecule has 2 bridgehead atoms. The molecule has 3 nitrogen and oxygen atoms in total. The molecule has 0 spiro atoms. The number of hydrogen-bond donors (Lipinski definition) is 0. The van der Waals surface area contributed by atoms with Crippen molar-refractivity contribution in [2.24, 2.45) is 0 Å². The Morgan fingerprint density at radius 3 is 2.92 bits per heavy atom. The maximum Gasteiger partial charge on any atom is 0.140 e. The molecule has 0 radical (unpaired) electrons. The number of fused-ring (bicyclic) bond motifs is 2. The van der Waals surface area contributed by atoms with Gasteiger partial charge in [-0.1, -0.05) is 0 Å². The summed E-state index contributed by atoms with van der Waals surface area (Å²) in [5.41, 5.74) is -0.182. The maximum atomic E-state index is 5.92. The predicted octanol–water partition coefficient (Wildman–Crippen LogP) is -0.509. The second kappa shape index (κ2) is 3.46. The molecule has 0 aliphatic carbocycles. The van der Waals surface area contributed by atoms with Gasteiger partial charge < -0.3 is 14.2 Å². The van der Waals surface area contributed by atoms with E-state index in [0.29, 0.717) is 17.9 Å². The lowest BCUT2D eigenvalue weighted by molar-refractivity contribution is -0.0981. The smallest absolute Gasteiger partial charge is 0.140 e. The zero-order chi connectivity index (χ0) is 9.47. The normalized spacial score (nSPS) is 48.6. The molecule has 5 heteroatoms. The van der Waals surface area contributed by atoms with Crippen LogP contribution in [-0.2, 0) is 14.2 Å². The Morgan fingerprint density at radius 2 is 2.38 bits per heavy atom. The quantitative estimate of drug-likeness (QED) is 0.576. The molecule has 0 aromatic carbocycles. The van der Waals surface area contributed by atoms with E-state index in [-0.39, 0.29) is 11.7 Å². The molecule has 2 heterocycles. The number of methoxy groups -OCH3 is 2. The molecule has 74 valence electrons. The van der Waals surface area contributed by atoms with Crippen molar-refractivity contribution in [3.05, 3.63) is 0 Å². The van der Waals surface area contributed by atoms with E-state index in [1.54, 1.807) is 14.2 Å². The lowest BCUT2D eigenvalue weighted by Crippen LogP contribution is -2.45.